The topological polar surface area (TPSA) is 40.7 Å². The Hall–Kier alpha value is -1.85. The molecule has 0 bridgehead atoms. The first-order valence-corrected chi connectivity index (χ1v) is 8.21. The van der Waals surface area contributed by atoms with Gasteiger partial charge in [-0.05, 0) is 12.1 Å². The number of aromatic amines is 1. The Morgan fingerprint density at radius 2 is 1.91 bits per heavy atom. The van der Waals surface area contributed by atoms with Gasteiger partial charge in [0.15, 0.2) is 11.6 Å². The normalized spacial score (nSPS) is 10.0. The van der Waals surface area contributed by atoms with Gasteiger partial charge in [0.25, 0.3) is 0 Å². The number of thiophene rings is 1. The lowest BCUT2D eigenvalue weighted by atomic mass is 10.1. The second-order valence-corrected chi connectivity index (χ2v) is 5.99. The molecule has 6 heteroatoms. The van der Waals surface area contributed by atoms with Crippen LogP contribution in [0.25, 0.3) is 11.3 Å². The van der Waals surface area contributed by atoms with Crippen LogP contribution in [0, 0.1) is 5.82 Å². The highest BCUT2D eigenvalue weighted by Gasteiger charge is 2.14. The lowest BCUT2D eigenvalue weighted by Crippen LogP contribution is -1.99. The van der Waals surface area contributed by atoms with E-state index in [0.29, 0.717) is 16.6 Å². The minimum Gasteiger partial charge on any atom is -0.361 e. The molecule has 0 unspecified atom stereocenters. The van der Waals surface area contributed by atoms with Crippen LogP contribution in [-0.4, -0.2) is 10.2 Å². The SMILES string of the molecule is CC.Fc1c(NCc2ccc(Cl)s2)n[nH]c1-c1ccccc1. The molecule has 116 valence electrons. The van der Waals surface area contributed by atoms with Gasteiger partial charge >= 0.3 is 0 Å². The molecule has 3 nitrogen and oxygen atoms in total. The second-order valence-electron chi connectivity index (χ2n) is 4.19. The summed E-state index contributed by atoms with van der Waals surface area (Å²) in [6.45, 7) is 4.49. The number of rotatable bonds is 4. The monoisotopic (exact) mass is 337 g/mol. The molecule has 0 aliphatic heterocycles. The molecule has 2 heterocycles. The van der Waals surface area contributed by atoms with Crippen LogP contribution in [0.15, 0.2) is 42.5 Å². The lowest BCUT2D eigenvalue weighted by molar-refractivity contribution is 0.634. The van der Waals surface area contributed by atoms with Gasteiger partial charge in [-0.25, -0.2) is 4.39 Å². The van der Waals surface area contributed by atoms with Gasteiger partial charge in [0, 0.05) is 10.4 Å². The number of nitrogens with zero attached hydrogens (tertiary/aromatic N) is 1. The Morgan fingerprint density at radius 1 is 1.18 bits per heavy atom. The van der Waals surface area contributed by atoms with Crippen molar-refractivity contribution >= 4 is 28.8 Å². The summed E-state index contributed by atoms with van der Waals surface area (Å²) in [6.07, 6.45) is 0. The van der Waals surface area contributed by atoms with Crippen LogP contribution in [0.5, 0.6) is 0 Å². The van der Waals surface area contributed by atoms with Crippen molar-refractivity contribution in [1.29, 1.82) is 0 Å². The van der Waals surface area contributed by atoms with E-state index in [0.717, 1.165) is 10.4 Å². The van der Waals surface area contributed by atoms with Gasteiger partial charge in [-0.1, -0.05) is 55.8 Å². The Balaban J connectivity index is 0.000000847. The lowest BCUT2D eigenvalue weighted by Gasteiger charge is -2.00. The summed E-state index contributed by atoms with van der Waals surface area (Å²) < 4.78 is 15.0. The fraction of sp³-hybridized carbons (Fsp3) is 0.188. The van der Waals surface area contributed by atoms with E-state index in [1.807, 2.05) is 56.3 Å². The third-order valence-corrected chi connectivity index (χ3v) is 4.06. The summed E-state index contributed by atoms with van der Waals surface area (Å²) in [5.74, 6) is -0.160. The van der Waals surface area contributed by atoms with Crippen LogP contribution in [0.1, 0.15) is 18.7 Å². The molecular weight excluding hydrogens is 321 g/mol. The summed E-state index contributed by atoms with van der Waals surface area (Å²) in [4.78, 5) is 1.03. The maximum absolute atomic E-state index is 14.2. The summed E-state index contributed by atoms with van der Waals surface area (Å²) in [6, 6.07) is 13.0. The minimum atomic E-state index is -0.376. The summed E-state index contributed by atoms with van der Waals surface area (Å²) in [7, 11) is 0. The average Bonchev–Trinajstić information content (AvgIpc) is 3.14. The number of anilines is 1. The molecule has 0 aliphatic carbocycles. The van der Waals surface area contributed by atoms with Crippen LogP contribution >= 0.6 is 22.9 Å². The van der Waals surface area contributed by atoms with Crippen molar-refractivity contribution < 1.29 is 4.39 Å². The van der Waals surface area contributed by atoms with Gasteiger partial charge < -0.3 is 5.32 Å². The van der Waals surface area contributed by atoms with Gasteiger partial charge in [-0.15, -0.1) is 11.3 Å². The first-order valence-electron chi connectivity index (χ1n) is 7.01. The van der Waals surface area contributed by atoms with Crippen molar-refractivity contribution in [3.8, 4) is 11.3 Å². The molecule has 0 spiro atoms. The summed E-state index contributed by atoms with van der Waals surface area (Å²) >= 11 is 7.31. The molecule has 0 amide bonds. The molecule has 0 radical (unpaired) electrons. The fourth-order valence-electron chi connectivity index (χ4n) is 1.86. The number of aromatic nitrogens is 2. The van der Waals surface area contributed by atoms with Crippen molar-refractivity contribution in [1.82, 2.24) is 10.2 Å². The van der Waals surface area contributed by atoms with E-state index >= 15 is 0 Å². The Kier molecular flexibility index (Phi) is 5.98. The molecule has 0 atom stereocenters. The van der Waals surface area contributed by atoms with Crippen molar-refractivity contribution in [2.45, 2.75) is 20.4 Å². The molecule has 2 aromatic heterocycles. The van der Waals surface area contributed by atoms with E-state index in [4.69, 9.17) is 11.6 Å². The Labute approximate surface area is 138 Å². The molecule has 22 heavy (non-hydrogen) atoms. The highest BCUT2D eigenvalue weighted by molar-refractivity contribution is 7.16. The zero-order chi connectivity index (χ0) is 15.9. The average molecular weight is 338 g/mol. The Morgan fingerprint density at radius 3 is 2.55 bits per heavy atom. The quantitative estimate of drug-likeness (QED) is 0.653. The molecule has 0 fully saturated rings. The van der Waals surface area contributed by atoms with Gasteiger partial charge in [0.2, 0.25) is 0 Å². The molecular formula is C16H17ClFN3S. The number of nitrogens with one attached hydrogen (secondary N) is 2. The smallest absolute Gasteiger partial charge is 0.192 e. The van der Waals surface area contributed by atoms with Crippen molar-refractivity contribution in [3.05, 3.63) is 57.5 Å². The predicted octanol–water partition coefficient (Wildman–Crippen LogP) is 5.57. The zero-order valence-electron chi connectivity index (χ0n) is 12.4. The van der Waals surface area contributed by atoms with E-state index in [1.165, 1.54) is 11.3 Å². The second kappa shape index (κ2) is 7.96. The molecule has 1 aromatic carbocycles. The predicted molar refractivity (Wildman–Crippen MR) is 92.0 cm³/mol. The summed E-state index contributed by atoms with van der Waals surface area (Å²) in [5.41, 5.74) is 1.15. The molecule has 3 aromatic rings. The van der Waals surface area contributed by atoms with Crippen molar-refractivity contribution in [2.24, 2.45) is 0 Å². The highest BCUT2D eigenvalue weighted by Crippen LogP contribution is 2.26. The summed E-state index contributed by atoms with van der Waals surface area (Å²) in [5, 5.41) is 9.66. The van der Waals surface area contributed by atoms with Gasteiger partial charge in [-0.3, -0.25) is 5.10 Å². The molecule has 3 rings (SSSR count). The maximum atomic E-state index is 14.2. The van der Waals surface area contributed by atoms with Crippen LogP contribution < -0.4 is 5.32 Å². The van der Waals surface area contributed by atoms with Gasteiger partial charge in [-0.2, -0.15) is 5.10 Å². The molecule has 2 N–H and O–H groups in total. The van der Waals surface area contributed by atoms with Gasteiger partial charge in [0.1, 0.15) is 5.69 Å². The first-order chi connectivity index (χ1) is 10.7. The van der Waals surface area contributed by atoms with Gasteiger partial charge in [0.05, 0.1) is 10.9 Å². The van der Waals surface area contributed by atoms with Crippen LogP contribution in [0.2, 0.25) is 4.34 Å². The standard InChI is InChI=1S/C14H11ClFN3S.C2H6/c15-11-7-6-10(20-11)8-17-14-12(16)13(18-19-14)9-4-2-1-3-5-9;1-2/h1-7H,8H2,(H2,17,18,19);1-2H3. The van der Waals surface area contributed by atoms with Crippen LogP contribution in [0.3, 0.4) is 0 Å². The first kappa shape index (κ1) is 16.5. The Bertz CT molecular complexity index is 709. The van der Waals surface area contributed by atoms with Crippen molar-refractivity contribution in [3.63, 3.8) is 0 Å². The van der Waals surface area contributed by atoms with Crippen LogP contribution in [0.4, 0.5) is 10.2 Å². The zero-order valence-corrected chi connectivity index (χ0v) is 13.9. The van der Waals surface area contributed by atoms with Crippen LogP contribution in [-0.2, 0) is 6.54 Å². The fourth-order valence-corrected chi connectivity index (χ4v) is 2.89. The van der Waals surface area contributed by atoms with E-state index in [2.05, 4.69) is 15.5 Å². The van der Waals surface area contributed by atoms with Crippen molar-refractivity contribution in [2.75, 3.05) is 5.32 Å². The minimum absolute atomic E-state index is 0.216. The third-order valence-electron chi connectivity index (χ3n) is 2.83. The maximum Gasteiger partial charge on any atom is 0.192 e. The molecule has 0 saturated carbocycles. The van der Waals surface area contributed by atoms with E-state index in [9.17, 15) is 4.39 Å². The number of benzene rings is 1. The third kappa shape index (κ3) is 3.87. The number of hydrogen-bond donors (Lipinski definition) is 2. The number of halogens is 2. The highest BCUT2D eigenvalue weighted by atomic mass is 35.5. The van der Waals surface area contributed by atoms with E-state index in [1.54, 1.807) is 0 Å². The molecule has 0 saturated heterocycles. The molecule has 0 aliphatic rings. The van der Waals surface area contributed by atoms with E-state index in [-0.39, 0.29) is 11.6 Å². The van der Waals surface area contributed by atoms with E-state index < -0.39 is 0 Å². The number of hydrogen-bond acceptors (Lipinski definition) is 3. The largest absolute Gasteiger partial charge is 0.361 e. The number of H-pyrrole nitrogens is 1.